The summed E-state index contributed by atoms with van der Waals surface area (Å²) in [6.45, 7) is 3.08. The van der Waals surface area contributed by atoms with Gasteiger partial charge in [0.05, 0.1) is 12.3 Å². The third-order valence-electron chi connectivity index (χ3n) is 6.34. The molecule has 31 heavy (non-hydrogen) atoms. The van der Waals surface area contributed by atoms with E-state index in [1.165, 1.54) is 40.7 Å². The molecule has 1 aliphatic heterocycles. The molecular weight excluding hydrogens is 386 g/mol. The highest BCUT2D eigenvalue weighted by Gasteiger charge is 2.23. The van der Waals surface area contributed by atoms with Crippen LogP contribution in [0.15, 0.2) is 42.5 Å². The Hall–Kier alpha value is -2.76. The average molecular weight is 416 g/mol. The summed E-state index contributed by atoms with van der Waals surface area (Å²) in [7, 11) is 1.69. The van der Waals surface area contributed by atoms with Crippen molar-refractivity contribution in [3.63, 3.8) is 0 Å². The van der Waals surface area contributed by atoms with Gasteiger partial charge in [-0.25, -0.2) is 0 Å². The standard InChI is InChI=1S/C26H29N3O2/c1-30-14-15-31-24-9-5-4-8-23(24)26-22-7-3-2-6-21(22)25(28-29-26)19-10-11-20-17-27-13-12-18(20)16-19/h4-5,8-11,16,27H,2-3,6-7,12-15,17H2,1H3. The maximum Gasteiger partial charge on any atom is 0.128 e. The van der Waals surface area contributed by atoms with Crippen LogP contribution in [-0.4, -0.2) is 37.1 Å². The van der Waals surface area contributed by atoms with Gasteiger partial charge in [0.2, 0.25) is 0 Å². The molecule has 1 aromatic heterocycles. The molecule has 2 heterocycles. The molecule has 0 spiro atoms. The van der Waals surface area contributed by atoms with Crippen molar-refractivity contribution in [2.24, 2.45) is 0 Å². The van der Waals surface area contributed by atoms with Crippen LogP contribution in [-0.2, 0) is 30.5 Å². The molecule has 0 bridgehead atoms. The largest absolute Gasteiger partial charge is 0.490 e. The van der Waals surface area contributed by atoms with E-state index < -0.39 is 0 Å². The number of hydrogen-bond acceptors (Lipinski definition) is 5. The Bertz CT molecular complexity index is 1080. The Kier molecular flexibility index (Phi) is 5.96. The molecule has 0 saturated heterocycles. The fourth-order valence-electron chi connectivity index (χ4n) is 4.74. The van der Waals surface area contributed by atoms with E-state index in [1.54, 1.807) is 7.11 Å². The van der Waals surface area contributed by atoms with Gasteiger partial charge in [-0.3, -0.25) is 0 Å². The quantitative estimate of drug-likeness (QED) is 0.606. The molecule has 2 aliphatic rings. The molecule has 2 aromatic carbocycles. The summed E-state index contributed by atoms with van der Waals surface area (Å²) < 4.78 is 11.1. The Morgan fingerprint density at radius 3 is 2.55 bits per heavy atom. The second kappa shape index (κ2) is 9.16. The SMILES string of the molecule is COCCOc1ccccc1-c1nnc(-c2ccc3c(c2)CCNC3)c2c1CCCC2. The average Bonchev–Trinajstić information content (AvgIpc) is 2.84. The topological polar surface area (TPSA) is 56.3 Å². The van der Waals surface area contributed by atoms with Crippen LogP contribution in [0.1, 0.15) is 35.1 Å². The summed E-state index contributed by atoms with van der Waals surface area (Å²) >= 11 is 0. The summed E-state index contributed by atoms with van der Waals surface area (Å²) in [5.74, 6) is 0.843. The van der Waals surface area contributed by atoms with Crippen LogP contribution >= 0.6 is 0 Å². The molecular formula is C26H29N3O2. The van der Waals surface area contributed by atoms with Gasteiger partial charge >= 0.3 is 0 Å². The van der Waals surface area contributed by atoms with E-state index >= 15 is 0 Å². The minimum atomic E-state index is 0.519. The lowest BCUT2D eigenvalue weighted by atomic mass is 9.86. The van der Waals surface area contributed by atoms with E-state index in [0.29, 0.717) is 13.2 Å². The maximum absolute atomic E-state index is 6.00. The second-order valence-corrected chi connectivity index (χ2v) is 8.31. The van der Waals surface area contributed by atoms with Crippen molar-refractivity contribution in [3.05, 3.63) is 64.7 Å². The van der Waals surface area contributed by atoms with Crippen molar-refractivity contribution in [1.82, 2.24) is 15.5 Å². The Morgan fingerprint density at radius 2 is 1.68 bits per heavy atom. The molecule has 160 valence electrons. The number of nitrogens with zero attached hydrogens (tertiary/aromatic N) is 2. The van der Waals surface area contributed by atoms with Crippen molar-refractivity contribution in [1.29, 1.82) is 0 Å². The highest BCUT2D eigenvalue weighted by molar-refractivity contribution is 5.75. The predicted molar refractivity (Wildman–Crippen MR) is 122 cm³/mol. The van der Waals surface area contributed by atoms with Gasteiger partial charge in [0.15, 0.2) is 0 Å². The number of fused-ring (bicyclic) bond motifs is 2. The number of methoxy groups -OCH3 is 1. The number of para-hydroxylation sites is 1. The number of benzene rings is 2. The minimum absolute atomic E-state index is 0.519. The third-order valence-corrected chi connectivity index (χ3v) is 6.34. The lowest BCUT2D eigenvalue weighted by Crippen LogP contribution is -2.23. The van der Waals surface area contributed by atoms with Crippen LogP contribution in [0.25, 0.3) is 22.5 Å². The fraction of sp³-hybridized carbons (Fsp3) is 0.385. The van der Waals surface area contributed by atoms with E-state index in [4.69, 9.17) is 19.7 Å². The van der Waals surface area contributed by atoms with E-state index in [9.17, 15) is 0 Å². The van der Waals surface area contributed by atoms with E-state index in [2.05, 4.69) is 29.6 Å². The van der Waals surface area contributed by atoms with E-state index in [-0.39, 0.29) is 0 Å². The van der Waals surface area contributed by atoms with Crippen LogP contribution in [0.4, 0.5) is 0 Å². The van der Waals surface area contributed by atoms with Gasteiger partial charge in [0.25, 0.3) is 0 Å². The first-order valence-electron chi connectivity index (χ1n) is 11.3. The van der Waals surface area contributed by atoms with Gasteiger partial charge in [-0.05, 0) is 79.1 Å². The highest BCUT2D eigenvalue weighted by atomic mass is 16.5. The summed E-state index contributed by atoms with van der Waals surface area (Å²) in [4.78, 5) is 0. The van der Waals surface area contributed by atoms with Gasteiger partial charge in [0.1, 0.15) is 18.1 Å². The van der Waals surface area contributed by atoms with Gasteiger partial charge in [-0.1, -0.05) is 24.3 Å². The van der Waals surface area contributed by atoms with Crippen LogP contribution in [0.5, 0.6) is 5.75 Å². The highest BCUT2D eigenvalue weighted by Crippen LogP contribution is 2.38. The Morgan fingerprint density at radius 1 is 0.871 bits per heavy atom. The van der Waals surface area contributed by atoms with Crippen molar-refractivity contribution >= 4 is 0 Å². The first-order valence-corrected chi connectivity index (χ1v) is 11.3. The molecule has 0 saturated carbocycles. The molecule has 0 amide bonds. The molecule has 3 aromatic rings. The predicted octanol–water partition coefficient (Wildman–Crippen LogP) is 4.36. The lowest BCUT2D eigenvalue weighted by molar-refractivity contribution is 0.146. The third kappa shape index (κ3) is 4.08. The number of nitrogens with one attached hydrogen (secondary N) is 1. The molecule has 5 rings (SSSR count). The first kappa shape index (κ1) is 20.2. The van der Waals surface area contributed by atoms with Crippen LogP contribution < -0.4 is 10.1 Å². The minimum Gasteiger partial charge on any atom is -0.490 e. The smallest absolute Gasteiger partial charge is 0.128 e. The molecule has 0 fully saturated rings. The zero-order chi connectivity index (χ0) is 21.0. The number of aromatic nitrogens is 2. The summed E-state index contributed by atoms with van der Waals surface area (Å²) in [5, 5.41) is 13.0. The van der Waals surface area contributed by atoms with Crippen molar-refractivity contribution in [2.45, 2.75) is 38.6 Å². The molecule has 0 radical (unpaired) electrons. The lowest BCUT2D eigenvalue weighted by Gasteiger charge is -2.23. The summed E-state index contributed by atoms with van der Waals surface area (Å²) in [6, 6.07) is 14.9. The number of ether oxygens (including phenoxy) is 2. The second-order valence-electron chi connectivity index (χ2n) is 8.31. The van der Waals surface area contributed by atoms with Crippen LogP contribution in [0.3, 0.4) is 0 Å². The van der Waals surface area contributed by atoms with Gasteiger partial charge in [-0.15, -0.1) is 10.2 Å². The summed E-state index contributed by atoms with van der Waals surface area (Å²) in [6.07, 6.45) is 5.55. The van der Waals surface area contributed by atoms with Crippen LogP contribution in [0, 0.1) is 0 Å². The monoisotopic (exact) mass is 415 g/mol. The Labute approximate surface area is 183 Å². The normalized spacial score (nSPS) is 15.3. The van der Waals surface area contributed by atoms with E-state index in [1.807, 2.05) is 18.2 Å². The molecule has 1 N–H and O–H groups in total. The van der Waals surface area contributed by atoms with Crippen molar-refractivity contribution in [2.75, 3.05) is 26.9 Å². The summed E-state index contributed by atoms with van der Waals surface area (Å²) in [5.41, 5.74) is 9.76. The van der Waals surface area contributed by atoms with Crippen LogP contribution in [0.2, 0.25) is 0 Å². The van der Waals surface area contributed by atoms with Crippen molar-refractivity contribution < 1.29 is 9.47 Å². The number of rotatable bonds is 6. The maximum atomic E-state index is 6.00. The van der Waals surface area contributed by atoms with Gasteiger partial charge < -0.3 is 14.8 Å². The fourth-order valence-corrected chi connectivity index (χ4v) is 4.74. The zero-order valence-corrected chi connectivity index (χ0v) is 18.1. The van der Waals surface area contributed by atoms with E-state index in [0.717, 1.165) is 55.1 Å². The molecule has 1 aliphatic carbocycles. The molecule has 0 unspecified atom stereocenters. The van der Waals surface area contributed by atoms with Crippen molar-refractivity contribution in [3.8, 4) is 28.3 Å². The number of hydrogen-bond donors (Lipinski definition) is 1. The molecule has 5 heteroatoms. The molecule has 5 nitrogen and oxygen atoms in total. The zero-order valence-electron chi connectivity index (χ0n) is 18.1. The van der Waals surface area contributed by atoms with Gasteiger partial charge in [0, 0.05) is 24.8 Å². The molecule has 0 atom stereocenters. The first-order chi connectivity index (χ1) is 15.3. The Balaban J connectivity index is 1.57. The van der Waals surface area contributed by atoms with Gasteiger partial charge in [-0.2, -0.15) is 0 Å².